The van der Waals surface area contributed by atoms with Gasteiger partial charge in [0.05, 0.1) is 0 Å². The van der Waals surface area contributed by atoms with Crippen LogP contribution in [0, 0.1) is 0 Å². The number of thioether (sulfide) groups is 1. The third kappa shape index (κ3) is 3.18. The zero-order chi connectivity index (χ0) is 12.3. The average Bonchev–Trinajstić information content (AvgIpc) is 2.35. The van der Waals surface area contributed by atoms with E-state index in [1.54, 1.807) is 11.8 Å². The summed E-state index contributed by atoms with van der Waals surface area (Å²) in [5.74, 6) is 0.972. The second kappa shape index (κ2) is 5.80. The van der Waals surface area contributed by atoms with Gasteiger partial charge in [0, 0.05) is 17.5 Å². The summed E-state index contributed by atoms with van der Waals surface area (Å²) in [6.07, 6.45) is -3.37. The van der Waals surface area contributed by atoms with Crippen LogP contribution in [0.25, 0.3) is 0 Å². The Morgan fingerprint density at radius 1 is 1.41 bits per heavy atom. The van der Waals surface area contributed by atoms with Gasteiger partial charge >= 0.3 is 0 Å². The van der Waals surface area contributed by atoms with Crippen LogP contribution in [0.4, 0.5) is 8.78 Å². The van der Waals surface area contributed by atoms with Gasteiger partial charge in [-0.2, -0.15) is 0 Å². The number of rotatable bonds is 4. The minimum absolute atomic E-state index is 0.0681. The maximum Gasteiger partial charge on any atom is 0.265 e. The molecule has 0 aromatic heterocycles. The van der Waals surface area contributed by atoms with Gasteiger partial charge in [0.1, 0.15) is 6.10 Å². The lowest BCUT2D eigenvalue weighted by atomic mass is 10.0. The fourth-order valence-corrected chi connectivity index (χ4v) is 3.03. The minimum atomic E-state index is -2.68. The quantitative estimate of drug-likeness (QED) is 0.871. The smallest absolute Gasteiger partial charge is 0.265 e. The van der Waals surface area contributed by atoms with E-state index in [1.165, 1.54) is 4.90 Å². The molecule has 0 saturated carbocycles. The Labute approximate surface area is 103 Å². The van der Waals surface area contributed by atoms with Gasteiger partial charge < -0.3 is 10.4 Å². The molecule has 0 bridgehead atoms. The van der Waals surface area contributed by atoms with Crippen LogP contribution in [0.1, 0.15) is 18.0 Å². The van der Waals surface area contributed by atoms with Crippen LogP contribution in [0.3, 0.4) is 0 Å². The summed E-state index contributed by atoms with van der Waals surface area (Å²) in [6.45, 7) is -0.0681. The molecule has 0 radical (unpaired) electrons. The maximum atomic E-state index is 12.2. The van der Waals surface area contributed by atoms with Crippen molar-refractivity contribution in [3.63, 3.8) is 0 Å². The summed E-state index contributed by atoms with van der Waals surface area (Å²) < 4.78 is 24.4. The van der Waals surface area contributed by atoms with Crippen molar-refractivity contribution < 1.29 is 13.9 Å². The average molecular weight is 259 g/mol. The summed E-state index contributed by atoms with van der Waals surface area (Å²) in [5, 5.41) is 12.1. The molecule has 2 rings (SSSR count). The van der Waals surface area contributed by atoms with Gasteiger partial charge in [-0.25, -0.2) is 8.78 Å². The number of aliphatic hydroxyl groups excluding tert-OH is 1. The van der Waals surface area contributed by atoms with Gasteiger partial charge in [0.25, 0.3) is 6.43 Å². The topological polar surface area (TPSA) is 32.3 Å². The first-order valence-electron chi connectivity index (χ1n) is 5.60. The number of fused-ring (bicyclic) bond motifs is 1. The molecule has 1 aliphatic heterocycles. The van der Waals surface area contributed by atoms with E-state index in [4.69, 9.17) is 5.11 Å². The molecule has 1 aromatic rings. The highest BCUT2D eigenvalue weighted by Gasteiger charge is 2.22. The zero-order valence-corrected chi connectivity index (χ0v) is 10.1. The molecule has 0 fully saturated rings. The number of benzene rings is 1. The maximum absolute atomic E-state index is 12.2. The van der Waals surface area contributed by atoms with Crippen molar-refractivity contribution >= 4 is 11.8 Å². The molecule has 1 aliphatic rings. The van der Waals surface area contributed by atoms with Gasteiger partial charge in [0.15, 0.2) is 0 Å². The lowest BCUT2D eigenvalue weighted by Crippen LogP contribution is -2.35. The van der Waals surface area contributed by atoms with Gasteiger partial charge in [-0.3, -0.25) is 0 Å². The molecular weight excluding hydrogens is 244 g/mol. The molecule has 0 saturated heterocycles. The normalized spacial score (nSPS) is 21.3. The first-order chi connectivity index (χ1) is 8.18. The number of hydrogen-bond donors (Lipinski definition) is 2. The Morgan fingerprint density at radius 3 is 2.94 bits per heavy atom. The SMILES string of the molecule is OC(CNC1CCSc2ccccc21)C(F)F. The first-order valence-corrected chi connectivity index (χ1v) is 6.58. The van der Waals surface area contributed by atoms with Gasteiger partial charge in [-0.15, -0.1) is 11.8 Å². The number of nitrogens with one attached hydrogen (secondary N) is 1. The van der Waals surface area contributed by atoms with E-state index < -0.39 is 12.5 Å². The Balaban J connectivity index is 1.99. The molecule has 0 spiro atoms. The van der Waals surface area contributed by atoms with E-state index in [-0.39, 0.29) is 12.6 Å². The zero-order valence-electron chi connectivity index (χ0n) is 9.27. The van der Waals surface area contributed by atoms with E-state index in [0.29, 0.717) is 0 Å². The molecule has 17 heavy (non-hydrogen) atoms. The van der Waals surface area contributed by atoms with E-state index >= 15 is 0 Å². The summed E-state index contributed by atoms with van der Waals surface area (Å²) in [7, 11) is 0. The Hall–Kier alpha value is -0.650. The van der Waals surface area contributed by atoms with E-state index in [1.807, 2.05) is 24.3 Å². The predicted octanol–water partition coefficient (Wildman–Crippen LogP) is 2.44. The number of aliphatic hydroxyl groups is 1. The number of alkyl halides is 2. The van der Waals surface area contributed by atoms with Crippen LogP contribution >= 0.6 is 11.8 Å². The van der Waals surface area contributed by atoms with Crippen LogP contribution in [0.2, 0.25) is 0 Å². The van der Waals surface area contributed by atoms with Gasteiger partial charge in [-0.05, 0) is 23.8 Å². The Morgan fingerprint density at radius 2 is 2.18 bits per heavy atom. The number of halogens is 2. The van der Waals surface area contributed by atoms with Gasteiger partial charge in [-0.1, -0.05) is 18.2 Å². The molecule has 0 aliphatic carbocycles. The predicted molar refractivity (Wildman–Crippen MR) is 64.5 cm³/mol. The summed E-state index contributed by atoms with van der Waals surface area (Å²) in [5.41, 5.74) is 1.14. The molecule has 5 heteroatoms. The Kier molecular flexibility index (Phi) is 4.36. The molecule has 1 aromatic carbocycles. The first kappa shape index (κ1) is 12.8. The highest BCUT2D eigenvalue weighted by Crippen LogP contribution is 2.35. The Bertz CT molecular complexity index is 375. The van der Waals surface area contributed by atoms with Crippen molar-refractivity contribution in [3.05, 3.63) is 29.8 Å². The van der Waals surface area contributed by atoms with Crippen LogP contribution < -0.4 is 5.32 Å². The van der Waals surface area contributed by atoms with Crippen LogP contribution in [-0.4, -0.2) is 29.9 Å². The largest absolute Gasteiger partial charge is 0.386 e. The van der Waals surface area contributed by atoms with Crippen LogP contribution in [0.5, 0.6) is 0 Å². The van der Waals surface area contributed by atoms with Crippen molar-refractivity contribution in [2.24, 2.45) is 0 Å². The second-order valence-electron chi connectivity index (χ2n) is 4.04. The highest BCUT2D eigenvalue weighted by atomic mass is 32.2. The molecule has 2 N–H and O–H groups in total. The molecular formula is C12H15F2NOS. The van der Waals surface area contributed by atoms with Crippen LogP contribution in [-0.2, 0) is 0 Å². The van der Waals surface area contributed by atoms with Crippen molar-refractivity contribution in [2.45, 2.75) is 29.9 Å². The standard InChI is InChI=1S/C12H15F2NOS/c13-12(14)10(16)7-15-9-5-6-17-11-4-2-1-3-8(9)11/h1-4,9-10,12,15-16H,5-7H2. The lowest BCUT2D eigenvalue weighted by molar-refractivity contribution is -0.00475. The third-order valence-corrected chi connectivity index (χ3v) is 3.95. The molecule has 0 amide bonds. The highest BCUT2D eigenvalue weighted by molar-refractivity contribution is 7.99. The molecule has 94 valence electrons. The van der Waals surface area contributed by atoms with Crippen molar-refractivity contribution in [1.82, 2.24) is 5.32 Å². The number of hydrogen-bond acceptors (Lipinski definition) is 3. The van der Waals surface area contributed by atoms with Crippen molar-refractivity contribution in [1.29, 1.82) is 0 Å². The van der Waals surface area contributed by atoms with Crippen LogP contribution in [0.15, 0.2) is 29.2 Å². The van der Waals surface area contributed by atoms with E-state index in [2.05, 4.69) is 5.32 Å². The molecule has 2 unspecified atom stereocenters. The van der Waals surface area contributed by atoms with Gasteiger partial charge in [0.2, 0.25) is 0 Å². The summed E-state index contributed by atoms with van der Waals surface area (Å²) >= 11 is 1.78. The fraction of sp³-hybridized carbons (Fsp3) is 0.500. The van der Waals surface area contributed by atoms with Crippen molar-refractivity contribution in [2.75, 3.05) is 12.3 Å². The lowest BCUT2D eigenvalue weighted by Gasteiger charge is -2.26. The molecule has 1 heterocycles. The molecule has 2 nitrogen and oxygen atoms in total. The van der Waals surface area contributed by atoms with E-state index in [9.17, 15) is 8.78 Å². The monoisotopic (exact) mass is 259 g/mol. The third-order valence-electron chi connectivity index (χ3n) is 2.82. The summed E-state index contributed by atoms with van der Waals surface area (Å²) in [4.78, 5) is 1.20. The fourth-order valence-electron chi connectivity index (χ4n) is 1.91. The second-order valence-corrected chi connectivity index (χ2v) is 5.17. The molecule has 2 atom stereocenters. The van der Waals surface area contributed by atoms with Crippen molar-refractivity contribution in [3.8, 4) is 0 Å². The summed E-state index contributed by atoms with van der Waals surface area (Å²) in [6, 6.07) is 8.04. The van der Waals surface area contributed by atoms with E-state index in [0.717, 1.165) is 17.7 Å². The minimum Gasteiger partial charge on any atom is -0.386 e.